The molecule has 3 aromatic heterocycles. The van der Waals surface area contributed by atoms with Crippen LogP contribution in [0.5, 0.6) is 0 Å². The van der Waals surface area contributed by atoms with Crippen LogP contribution in [0.15, 0.2) is 22.9 Å². The molecule has 3 aromatic rings. The number of nitrogens with one attached hydrogen (secondary N) is 2. The number of rotatable bonds is 7. The van der Waals surface area contributed by atoms with Crippen LogP contribution in [-0.4, -0.2) is 35.8 Å². The minimum atomic E-state index is -0.245. The molecular formula is C18H22N8O2. The summed E-state index contributed by atoms with van der Waals surface area (Å²) in [5.41, 5.74) is 0.460. The summed E-state index contributed by atoms with van der Waals surface area (Å²) in [6.45, 7) is 5.64. The molecule has 0 aromatic carbocycles. The molecule has 28 heavy (non-hydrogen) atoms. The Balaban J connectivity index is 1.30. The zero-order valence-electron chi connectivity index (χ0n) is 15.8. The molecule has 0 saturated heterocycles. The lowest BCUT2D eigenvalue weighted by molar-refractivity contribution is 0.0949. The highest BCUT2D eigenvalue weighted by Crippen LogP contribution is 2.15. The summed E-state index contributed by atoms with van der Waals surface area (Å²) >= 11 is 0. The van der Waals surface area contributed by atoms with Gasteiger partial charge in [-0.25, -0.2) is 4.98 Å². The van der Waals surface area contributed by atoms with Crippen LogP contribution in [0.3, 0.4) is 0 Å². The topological polar surface area (TPSA) is 124 Å². The van der Waals surface area contributed by atoms with Crippen LogP contribution >= 0.6 is 0 Å². The molecule has 2 N–H and O–H groups in total. The van der Waals surface area contributed by atoms with Gasteiger partial charge in [0.05, 0.1) is 18.7 Å². The van der Waals surface area contributed by atoms with E-state index >= 15 is 0 Å². The molecule has 4 rings (SSSR count). The van der Waals surface area contributed by atoms with Crippen LogP contribution in [0.2, 0.25) is 0 Å². The van der Waals surface area contributed by atoms with Gasteiger partial charge in [0.2, 0.25) is 5.89 Å². The number of carbonyl (C=O) groups is 1. The molecule has 0 radical (unpaired) electrons. The zero-order valence-corrected chi connectivity index (χ0v) is 15.8. The van der Waals surface area contributed by atoms with E-state index in [9.17, 15) is 4.79 Å². The van der Waals surface area contributed by atoms with E-state index in [-0.39, 0.29) is 18.4 Å². The maximum absolute atomic E-state index is 12.3. The summed E-state index contributed by atoms with van der Waals surface area (Å²) < 4.78 is 7.26. The van der Waals surface area contributed by atoms with Gasteiger partial charge in [0.1, 0.15) is 11.6 Å². The molecule has 0 aliphatic carbocycles. The lowest BCUT2D eigenvalue weighted by Crippen LogP contribution is -2.23. The Morgan fingerprint density at radius 1 is 1.29 bits per heavy atom. The first kappa shape index (κ1) is 18.1. The second-order valence-electron chi connectivity index (χ2n) is 6.96. The second-order valence-corrected chi connectivity index (χ2v) is 6.96. The second kappa shape index (κ2) is 7.75. The monoisotopic (exact) mass is 382 g/mol. The van der Waals surface area contributed by atoms with Crippen molar-refractivity contribution in [1.29, 1.82) is 0 Å². The van der Waals surface area contributed by atoms with Gasteiger partial charge in [-0.3, -0.25) is 4.79 Å². The number of carbonyl (C=O) groups excluding carboxylic acids is 1. The van der Waals surface area contributed by atoms with Crippen LogP contribution in [0, 0.1) is 0 Å². The molecule has 10 nitrogen and oxygen atoms in total. The number of fused-ring (bicyclic) bond motifs is 1. The first-order chi connectivity index (χ1) is 13.6. The summed E-state index contributed by atoms with van der Waals surface area (Å²) in [6, 6.07) is 3.48. The van der Waals surface area contributed by atoms with Crippen LogP contribution in [0.25, 0.3) is 0 Å². The maximum atomic E-state index is 12.3. The van der Waals surface area contributed by atoms with Gasteiger partial charge >= 0.3 is 0 Å². The van der Waals surface area contributed by atoms with Crippen molar-refractivity contribution in [3.8, 4) is 0 Å². The van der Waals surface area contributed by atoms with E-state index in [4.69, 9.17) is 4.52 Å². The zero-order chi connectivity index (χ0) is 19.5. The Morgan fingerprint density at radius 3 is 2.93 bits per heavy atom. The number of nitrogens with zero attached hydrogens (tertiary/aromatic N) is 6. The number of hydrogen-bond acceptors (Lipinski definition) is 8. The highest BCUT2D eigenvalue weighted by molar-refractivity contribution is 5.93. The lowest BCUT2D eigenvalue weighted by atomic mass is 10.2. The molecular weight excluding hydrogens is 360 g/mol. The summed E-state index contributed by atoms with van der Waals surface area (Å²) in [7, 11) is 0. The molecule has 10 heteroatoms. The summed E-state index contributed by atoms with van der Waals surface area (Å²) in [5, 5.41) is 18.2. The number of anilines is 1. The third kappa shape index (κ3) is 3.85. The van der Waals surface area contributed by atoms with Gasteiger partial charge in [0, 0.05) is 25.1 Å². The molecule has 1 aliphatic rings. The first-order valence-electron chi connectivity index (χ1n) is 9.31. The molecule has 0 unspecified atom stereocenters. The Kier molecular flexibility index (Phi) is 5.00. The van der Waals surface area contributed by atoms with Gasteiger partial charge < -0.3 is 19.7 Å². The SMILES string of the molecule is CC(C)c1nc(CNC(=O)c2ccc(NCc3nnc4n3CCC4)nc2)no1. The van der Waals surface area contributed by atoms with E-state index in [0.717, 1.165) is 31.0 Å². The smallest absolute Gasteiger partial charge is 0.253 e. The molecule has 4 heterocycles. The molecule has 0 fully saturated rings. The molecule has 0 spiro atoms. The van der Waals surface area contributed by atoms with Gasteiger partial charge in [0.25, 0.3) is 5.91 Å². The van der Waals surface area contributed by atoms with Crippen LogP contribution in [-0.2, 0) is 26.1 Å². The molecule has 0 saturated carbocycles. The molecule has 0 bridgehead atoms. The largest absolute Gasteiger partial charge is 0.363 e. The molecule has 0 atom stereocenters. The number of aryl methyl sites for hydroxylation is 1. The normalized spacial score (nSPS) is 13.0. The van der Waals surface area contributed by atoms with Gasteiger partial charge in [-0.05, 0) is 18.6 Å². The van der Waals surface area contributed by atoms with Crippen molar-refractivity contribution >= 4 is 11.7 Å². The molecule has 1 amide bonds. The van der Waals surface area contributed by atoms with Crippen molar-refractivity contribution in [3.05, 3.63) is 47.3 Å². The van der Waals surface area contributed by atoms with Gasteiger partial charge in [-0.1, -0.05) is 19.0 Å². The van der Waals surface area contributed by atoms with E-state index in [0.29, 0.717) is 29.6 Å². The predicted octanol–water partition coefficient (Wildman–Crippen LogP) is 1.67. The molecule has 146 valence electrons. The van der Waals surface area contributed by atoms with Crippen molar-refractivity contribution in [1.82, 2.24) is 35.2 Å². The average molecular weight is 382 g/mol. The van der Waals surface area contributed by atoms with E-state index in [1.54, 1.807) is 12.1 Å². The van der Waals surface area contributed by atoms with Crippen LogP contribution < -0.4 is 10.6 Å². The highest BCUT2D eigenvalue weighted by atomic mass is 16.5. The third-order valence-electron chi connectivity index (χ3n) is 4.52. The predicted molar refractivity (Wildman–Crippen MR) is 99.5 cm³/mol. The van der Waals surface area contributed by atoms with E-state index < -0.39 is 0 Å². The third-order valence-corrected chi connectivity index (χ3v) is 4.52. The van der Waals surface area contributed by atoms with Crippen molar-refractivity contribution in [2.75, 3.05) is 5.32 Å². The van der Waals surface area contributed by atoms with Crippen LogP contribution in [0.4, 0.5) is 5.82 Å². The highest BCUT2D eigenvalue weighted by Gasteiger charge is 2.17. The van der Waals surface area contributed by atoms with Gasteiger partial charge in [-0.2, -0.15) is 4.98 Å². The Hall–Kier alpha value is -3.30. The Morgan fingerprint density at radius 2 is 2.18 bits per heavy atom. The minimum absolute atomic E-state index is 0.153. The van der Waals surface area contributed by atoms with E-state index in [1.165, 1.54) is 6.20 Å². The van der Waals surface area contributed by atoms with Crippen LogP contribution in [0.1, 0.15) is 59.9 Å². The quantitative estimate of drug-likeness (QED) is 0.632. The summed E-state index contributed by atoms with van der Waals surface area (Å²) in [4.78, 5) is 20.8. The number of amides is 1. The number of hydrogen-bond donors (Lipinski definition) is 2. The molecule has 1 aliphatic heterocycles. The maximum Gasteiger partial charge on any atom is 0.253 e. The van der Waals surface area contributed by atoms with E-state index in [1.807, 2.05) is 13.8 Å². The van der Waals surface area contributed by atoms with Crippen molar-refractivity contribution < 1.29 is 9.32 Å². The van der Waals surface area contributed by atoms with Gasteiger partial charge in [-0.15, -0.1) is 10.2 Å². The first-order valence-corrected chi connectivity index (χ1v) is 9.31. The average Bonchev–Trinajstić information content (AvgIpc) is 3.42. The van der Waals surface area contributed by atoms with Crippen molar-refractivity contribution in [2.45, 2.75) is 52.2 Å². The fraction of sp³-hybridized carbons (Fsp3) is 0.444. The van der Waals surface area contributed by atoms with Gasteiger partial charge in [0.15, 0.2) is 11.6 Å². The standard InChI is InChI=1S/C18H22N8O2/c1-11(2)18-22-14(25-28-18)9-21-17(27)12-5-6-13(19-8-12)20-10-16-24-23-15-4-3-7-26(15)16/h5-6,8,11H,3-4,7,9-10H2,1-2H3,(H,19,20)(H,21,27). The van der Waals surface area contributed by atoms with E-state index in [2.05, 4.69) is 40.5 Å². The minimum Gasteiger partial charge on any atom is -0.363 e. The fourth-order valence-corrected chi connectivity index (χ4v) is 2.98. The fourth-order valence-electron chi connectivity index (χ4n) is 2.98. The Bertz CT molecular complexity index is 960. The number of aromatic nitrogens is 6. The number of pyridine rings is 1. The van der Waals surface area contributed by atoms with Crippen molar-refractivity contribution in [2.24, 2.45) is 0 Å². The summed E-state index contributed by atoms with van der Waals surface area (Å²) in [6.07, 6.45) is 3.63. The summed E-state index contributed by atoms with van der Waals surface area (Å²) in [5.74, 6) is 3.52. The van der Waals surface area contributed by atoms with Crippen molar-refractivity contribution in [3.63, 3.8) is 0 Å². The Labute approximate surface area is 161 Å². The lowest BCUT2D eigenvalue weighted by Gasteiger charge is -2.07.